The first-order chi connectivity index (χ1) is 8.03. The van der Waals surface area contributed by atoms with Crippen LogP contribution < -0.4 is 0 Å². The number of aliphatic hydroxyl groups excluding tert-OH is 1. The third-order valence-electron chi connectivity index (χ3n) is 2.78. The van der Waals surface area contributed by atoms with Gasteiger partial charge in [-0.25, -0.2) is 9.18 Å². The first-order valence-corrected chi connectivity index (χ1v) is 5.67. The van der Waals surface area contributed by atoms with Gasteiger partial charge in [-0.1, -0.05) is 25.5 Å². The number of benzene rings is 1. The van der Waals surface area contributed by atoms with Crippen LogP contribution in [0.4, 0.5) is 4.39 Å². The molecule has 94 valence electrons. The Morgan fingerprint density at radius 2 is 2.12 bits per heavy atom. The molecule has 0 aromatic heterocycles. The number of carboxylic acids is 1. The van der Waals surface area contributed by atoms with Crippen LogP contribution >= 0.6 is 0 Å². The van der Waals surface area contributed by atoms with Crippen molar-refractivity contribution in [1.29, 1.82) is 0 Å². The number of carboxylic acid groups (broad SMARTS) is 1. The number of rotatable bonds is 6. The number of aliphatic hydroxyl groups is 1. The van der Waals surface area contributed by atoms with E-state index in [2.05, 4.69) is 0 Å². The second-order valence-corrected chi connectivity index (χ2v) is 4.07. The van der Waals surface area contributed by atoms with Gasteiger partial charge in [0.25, 0.3) is 0 Å². The molecule has 1 aromatic carbocycles. The Bertz CT molecular complexity index is 384. The van der Waals surface area contributed by atoms with Gasteiger partial charge in [-0.05, 0) is 24.1 Å². The molecule has 17 heavy (non-hydrogen) atoms. The van der Waals surface area contributed by atoms with Gasteiger partial charge >= 0.3 is 5.97 Å². The highest BCUT2D eigenvalue weighted by atomic mass is 19.1. The van der Waals surface area contributed by atoms with E-state index in [1.165, 1.54) is 18.2 Å². The van der Waals surface area contributed by atoms with Crippen molar-refractivity contribution in [1.82, 2.24) is 0 Å². The first kappa shape index (κ1) is 13.6. The van der Waals surface area contributed by atoms with E-state index in [1.807, 2.05) is 6.92 Å². The van der Waals surface area contributed by atoms with Crippen molar-refractivity contribution in [2.75, 3.05) is 6.61 Å². The minimum absolute atomic E-state index is 0.0100. The minimum atomic E-state index is -1.64. The third kappa shape index (κ3) is 3.27. The molecule has 0 amide bonds. The monoisotopic (exact) mass is 240 g/mol. The Kier molecular flexibility index (Phi) is 4.63. The summed E-state index contributed by atoms with van der Waals surface area (Å²) in [5, 5.41) is 17.8. The van der Waals surface area contributed by atoms with E-state index in [1.54, 1.807) is 6.07 Å². The van der Waals surface area contributed by atoms with E-state index in [4.69, 9.17) is 10.2 Å². The van der Waals surface area contributed by atoms with E-state index in [9.17, 15) is 9.18 Å². The Morgan fingerprint density at radius 1 is 1.41 bits per heavy atom. The molecule has 0 unspecified atom stereocenters. The molecule has 0 saturated carbocycles. The zero-order chi connectivity index (χ0) is 12.9. The summed E-state index contributed by atoms with van der Waals surface area (Å²) in [6, 6.07) is 5.86. The molecule has 0 heterocycles. The van der Waals surface area contributed by atoms with Crippen molar-refractivity contribution in [3.05, 3.63) is 35.4 Å². The molecule has 0 spiro atoms. The van der Waals surface area contributed by atoms with Crippen molar-refractivity contribution >= 4 is 5.97 Å². The summed E-state index contributed by atoms with van der Waals surface area (Å²) in [5.41, 5.74) is -1.25. The summed E-state index contributed by atoms with van der Waals surface area (Å²) in [6.07, 6.45) is 0.897. The molecule has 0 aliphatic rings. The molecule has 0 aliphatic heterocycles. The van der Waals surface area contributed by atoms with E-state index < -0.39 is 11.6 Å². The van der Waals surface area contributed by atoms with E-state index in [0.29, 0.717) is 12.0 Å². The predicted octanol–water partition coefficient (Wildman–Crippen LogP) is 2.73. The molecular weight excluding hydrogens is 223 g/mol. The highest BCUT2D eigenvalue weighted by Gasteiger charge is 2.30. The molecule has 1 aromatic rings. The Hall–Kier alpha value is -1.42. The van der Waals surface area contributed by atoms with Crippen LogP contribution in [0.25, 0.3) is 0 Å². The van der Waals surface area contributed by atoms with Crippen molar-refractivity contribution in [3.8, 4) is 0 Å². The first-order valence-electron chi connectivity index (χ1n) is 5.67. The molecule has 3 nitrogen and oxygen atoms in total. The van der Waals surface area contributed by atoms with Gasteiger partial charge in [0.1, 0.15) is 5.67 Å². The smallest absolute Gasteiger partial charge is 0.335 e. The Balaban J connectivity index is 3.09. The fourth-order valence-electron chi connectivity index (χ4n) is 1.92. The van der Waals surface area contributed by atoms with Gasteiger partial charge in [-0.3, -0.25) is 0 Å². The van der Waals surface area contributed by atoms with Gasteiger partial charge in [-0.15, -0.1) is 0 Å². The highest BCUT2D eigenvalue weighted by Crippen LogP contribution is 2.34. The van der Waals surface area contributed by atoms with Crippen LogP contribution in [0.5, 0.6) is 0 Å². The average Bonchev–Trinajstić information content (AvgIpc) is 2.30. The van der Waals surface area contributed by atoms with Gasteiger partial charge in [0, 0.05) is 13.0 Å². The summed E-state index contributed by atoms with van der Waals surface area (Å²) in [5.74, 6) is -1.07. The summed E-state index contributed by atoms with van der Waals surface area (Å²) in [7, 11) is 0. The zero-order valence-corrected chi connectivity index (χ0v) is 9.82. The number of hydrogen-bond acceptors (Lipinski definition) is 2. The minimum Gasteiger partial charge on any atom is -0.478 e. The van der Waals surface area contributed by atoms with Crippen LogP contribution in [-0.4, -0.2) is 22.8 Å². The lowest BCUT2D eigenvalue weighted by Crippen LogP contribution is -2.22. The van der Waals surface area contributed by atoms with E-state index in [-0.39, 0.29) is 25.0 Å². The number of aromatic carboxylic acids is 1. The zero-order valence-electron chi connectivity index (χ0n) is 9.82. The van der Waals surface area contributed by atoms with Gasteiger partial charge in [0.05, 0.1) is 5.56 Å². The van der Waals surface area contributed by atoms with Gasteiger partial charge in [0.2, 0.25) is 0 Å². The van der Waals surface area contributed by atoms with Crippen LogP contribution in [-0.2, 0) is 5.67 Å². The second-order valence-electron chi connectivity index (χ2n) is 4.07. The fourth-order valence-corrected chi connectivity index (χ4v) is 1.92. The Morgan fingerprint density at radius 3 is 2.65 bits per heavy atom. The third-order valence-corrected chi connectivity index (χ3v) is 2.78. The molecule has 2 N–H and O–H groups in total. The normalized spacial score (nSPS) is 14.3. The average molecular weight is 240 g/mol. The summed E-state index contributed by atoms with van der Waals surface area (Å²) in [6.45, 7) is 1.60. The molecule has 1 rings (SSSR count). The summed E-state index contributed by atoms with van der Waals surface area (Å²) >= 11 is 0. The predicted molar refractivity (Wildman–Crippen MR) is 62.8 cm³/mol. The molecule has 0 radical (unpaired) electrons. The van der Waals surface area contributed by atoms with Crippen molar-refractivity contribution < 1.29 is 19.4 Å². The van der Waals surface area contributed by atoms with E-state index >= 15 is 0 Å². The lowest BCUT2D eigenvalue weighted by molar-refractivity contribution is 0.0696. The molecule has 4 heteroatoms. The van der Waals surface area contributed by atoms with Crippen LogP contribution in [0, 0.1) is 0 Å². The van der Waals surface area contributed by atoms with Crippen LogP contribution in [0.3, 0.4) is 0 Å². The SMILES string of the molecule is CCC[C@](F)(CCO)c1cccc(C(=O)O)c1. The maximum atomic E-state index is 14.6. The van der Waals surface area contributed by atoms with Crippen molar-refractivity contribution in [2.24, 2.45) is 0 Å². The molecular formula is C13H17FO3. The van der Waals surface area contributed by atoms with Crippen molar-refractivity contribution in [3.63, 3.8) is 0 Å². The van der Waals surface area contributed by atoms with Crippen LogP contribution in [0.15, 0.2) is 24.3 Å². The lowest BCUT2D eigenvalue weighted by Gasteiger charge is -2.25. The Labute approximate surface area is 99.9 Å². The molecule has 1 atom stereocenters. The number of alkyl halides is 1. The van der Waals surface area contributed by atoms with Crippen molar-refractivity contribution in [2.45, 2.75) is 31.9 Å². The second kappa shape index (κ2) is 5.77. The van der Waals surface area contributed by atoms with Gasteiger partial charge < -0.3 is 10.2 Å². The topological polar surface area (TPSA) is 57.5 Å². The van der Waals surface area contributed by atoms with Crippen LogP contribution in [0.1, 0.15) is 42.1 Å². The molecule has 0 fully saturated rings. The summed E-state index contributed by atoms with van der Waals surface area (Å²) < 4.78 is 14.6. The van der Waals surface area contributed by atoms with Gasteiger partial charge in [-0.2, -0.15) is 0 Å². The van der Waals surface area contributed by atoms with Gasteiger partial charge in [0.15, 0.2) is 0 Å². The molecule has 0 aliphatic carbocycles. The highest BCUT2D eigenvalue weighted by molar-refractivity contribution is 5.87. The number of carbonyl (C=O) groups is 1. The van der Waals surface area contributed by atoms with Crippen LogP contribution in [0.2, 0.25) is 0 Å². The maximum absolute atomic E-state index is 14.6. The quantitative estimate of drug-likeness (QED) is 0.803. The largest absolute Gasteiger partial charge is 0.478 e. The lowest BCUT2D eigenvalue weighted by atomic mass is 9.87. The van der Waals surface area contributed by atoms with E-state index in [0.717, 1.165) is 0 Å². The number of halogens is 1. The number of hydrogen-bond donors (Lipinski definition) is 2. The fraction of sp³-hybridized carbons (Fsp3) is 0.462. The molecule has 0 saturated heterocycles. The molecule has 0 bridgehead atoms. The standard InChI is InChI=1S/C13H17FO3/c1-2-6-13(14,7-8-15)11-5-3-4-10(9-11)12(16)17/h3-5,9,15H,2,6-8H2,1H3,(H,16,17)/t13-/m0/s1. The summed E-state index contributed by atoms with van der Waals surface area (Å²) in [4.78, 5) is 10.8. The maximum Gasteiger partial charge on any atom is 0.335 e.